The molecule has 0 spiro atoms. The van der Waals surface area contributed by atoms with Crippen molar-refractivity contribution in [3.8, 4) is 11.4 Å². The number of pyridine rings is 1. The number of nitrogens with zero attached hydrogens (tertiary/aromatic N) is 5. The highest BCUT2D eigenvalue weighted by molar-refractivity contribution is 7.89. The highest BCUT2D eigenvalue weighted by Crippen LogP contribution is 2.17. The number of aromatic nitrogens is 5. The van der Waals surface area contributed by atoms with Gasteiger partial charge in [-0.25, -0.2) is 8.42 Å². The lowest BCUT2D eigenvalue weighted by Gasteiger charge is -2.06. The van der Waals surface area contributed by atoms with Crippen molar-refractivity contribution in [2.24, 2.45) is 0 Å². The zero-order valence-electron chi connectivity index (χ0n) is 14.3. The Morgan fingerprint density at radius 2 is 1.85 bits per heavy atom. The van der Waals surface area contributed by atoms with Gasteiger partial charge in [-0.1, -0.05) is 0 Å². The van der Waals surface area contributed by atoms with Gasteiger partial charge in [0, 0.05) is 18.0 Å². The van der Waals surface area contributed by atoms with E-state index >= 15 is 0 Å². The van der Waals surface area contributed by atoms with Crippen molar-refractivity contribution in [2.75, 3.05) is 13.7 Å². The molecule has 140 valence electrons. The van der Waals surface area contributed by atoms with Crippen LogP contribution in [0, 0.1) is 0 Å². The summed E-state index contributed by atoms with van der Waals surface area (Å²) >= 11 is 0. The molecule has 0 aliphatic rings. The number of ether oxygens (including phenoxy) is 1. The van der Waals surface area contributed by atoms with E-state index in [1.165, 1.54) is 24.0 Å². The van der Waals surface area contributed by atoms with E-state index in [1.54, 1.807) is 24.5 Å². The summed E-state index contributed by atoms with van der Waals surface area (Å²) in [6.07, 6.45) is 3.36. The smallest absolute Gasteiger partial charge is 0.320 e. The Morgan fingerprint density at radius 3 is 2.52 bits per heavy atom. The number of sulfonamides is 1. The van der Waals surface area contributed by atoms with E-state index in [2.05, 4.69) is 29.9 Å². The normalized spacial score (nSPS) is 11.3. The fourth-order valence-corrected chi connectivity index (χ4v) is 3.14. The molecule has 0 unspecified atom stereocenters. The molecular weight excluding hydrogens is 372 g/mol. The predicted molar refractivity (Wildman–Crippen MR) is 93.8 cm³/mol. The lowest BCUT2D eigenvalue weighted by molar-refractivity contribution is -0.139. The largest absolute Gasteiger partial charge is 0.468 e. The van der Waals surface area contributed by atoms with Crippen LogP contribution in [-0.4, -0.2) is 53.2 Å². The molecule has 3 rings (SSSR count). The summed E-state index contributed by atoms with van der Waals surface area (Å²) in [5.74, 6) is -0.305. The monoisotopic (exact) mass is 388 g/mol. The number of nitrogens with one attached hydrogen (secondary N) is 1. The average molecular weight is 388 g/mol. The van der Waals surface area contributed by atoms with Crippen LogP contribution in [0.15, 0.2) is 53.7 Å². The van der Waals surface area contributed by atoms with Crippen LogP contribution in [0.3, 0.4) is 0 Å². The third kappa shape index (κ3) is 4.71. The molecule has 1 aromatic carbocycles. The SMILES string of the molecule is COC(=O)CNS(=O)(=O)c1ccc(-c2nnn(Cc3ccncc3)n2)cc1. The van der Waals surface area contributed by atoms with Gasteiger partial charge in [-0.3, -0.25) is 9.78 Å². The second-order valence-electron chi connectivity index (χ2n) is 5.42. The van der Waals surface area contributed by atoms with Crippen LogP contribution in [-0.2, 0) is 26.1 Å². The first kappa shape index (κ1) is 18.6. The Morgan fingerprint density at radius 1 is 1.15 bits per heavy atom. The van der Waals surface area contributed by atoms with Gasteiger partial charge >= 0.3 is 5.97 Å². The lowest BCUT2D eigenvalue weighted by atomic mass is 10.2. The van der Waals surface area contributed by atoms with Crippen LogP contribution in [0.25, 0.3) is 11.4 Å². The van der Waals surface area contributed by atoms with E-state index in [0.29, 0.717) is 17.9 Å². The van der Waals surface area contributed by atoms with E-state index in [4.69, 9.17) is 0 Å². The molecule has 0 aliphatic heterocycles. The van der Waals surface area contributed by atoms with Gasteiger partial charge < -0.3 is 4.74 Å². The van der Waals surface area contributed by atoms with Gasteiger partial charge in [0.25, 0.3) is 0 Å². The van der Waals surface area contributed by atoms with Crippen molar-refractivity contribution in [1.82, 2.24) is 29.9 Å². The van der Waals surface area contributed by atoms with Gasteiger partial charge in [0.05, 0.1) is 18.6 Å². The number of tetrazole rings is 1. The zero-order chi connectivity index (χ0) is 19.3. The highest BCUT2D eigenvalue weighted by Gasteiger charge is 2.16. The maximum Gasteiger partial charge on any atom is 0.320 e. The maximum absolute atomic E-state index is 12.1. The first-order valence-electron chi connectivity index (χ1n) is 7.81. The van der Waals surface area contributed by atoms with E-state index in [-0.39, 0.29) is 4.90 Å². The fraction of sp³-hybridized carbons (Fsp3) is 0.188. The Labute approximate surface area is 155 Å². The van der Waals surface area contributed by atoms with Crippen LogP contribution in [0.5, 0.6) is 0 Å². The summed E-state index contributed by atoms with van der Waals surface area (Å²) in [6.45, 7) is 0.00486. The van der Waals surface area contributed by atoms with Gasteiger partial charge in [-0.05, 0) is 47.2 Å². The summed E-state index contributed by atoms with van der Waals surface area (Å²) in [7, 11) is -2.64. The molecule has 0 saturated carbocycles. The summed E-state index contributed by atoms with van der Waals surface area (Å²) in [5.41, 5.74) is 1.59. The molecule has 27 heavy (non-hydrogen) atoms. The third-order valence-corrected chi connectivity index (χ3v) is 5.00. The third-order valence-electron chi connectivity index (χ3n) is 3.58. The Kier molecular flexibility index (Phi) is 5.52. The number of hydrogen-bond donors (Lipinski definition) is 1. The molecular formula is C16H16N6O4S. The van der Waals surface area contributed by atoms with Gasteiger partial charge in [0.2, 0.25) is 15.8 Å². The van der Waals surface area contributed by atoms with Crippen molar-refractivity contribution < 1.29 is 17.9 Å². The average Bonchev–Trinajstić information content (AvgIpc) is 3.15. The van der Waals surface area contributed by atoms with E-state index in [1.807, 2.05) is 12.1 Å². The van der Waals surface area contributed by atoms with E-state index in [0.717, 1.165) is 5.56 Å². The number of rotatable bonds is 7. The number of esters is 1. The Balaban J connectivity index is 1.71. The second-order valence-corrected chi connectivity index (χ2v) is 7.19. The standard InChI is InChI=1S/C16H16N6O4S/c1-26-15(23)10-18-27(24,25)14-4-2-13(3-5-14)16-19-21-22(20-16)11-12-6-8-17-9-7-12/h2-9,18H,10-11H2,1H3. The molecule has 2 heterocycles. The number of carbonyl (C=O) groups excluding carboxylic acids is 1. The van der Waals surface area contributed by atoms with Crippen LogP contribution < -0.4 is 4.72 Å². The lowest BCUT2D eigenvalue weighted by Crippen LogP contribution is -2.30. The number of methoxy groups -OCH3 is 1. The molecule has 0 amide bonds. The summed E-state index contributed by atoms with van der Waals surface area (Å²) < 4.78 is 30.8. The van der Waals surface area contributed by atoms with Crippen LogP contribution in [0.1, 0.15) is 5.56 Å². The minimum Gasteiger partial charge on any atom is -0.468 e. The summed E-state index contributed by atoms with van der Waals surface area (Å²) in [6, 6.07) is 9.64. The Hall–Kier alpha value is -3.18. The topological polar surface area (TPSA) is 129 Å². The Bertz CT molecular complexity index is 1020. The molecule has 11 heteroatoms. The molecule has 0 radical (unpaired) electrons. The predicted octanol–water partition coefficient (Wildman–Crippen LogP) is 0.235. The minimum atomic E-state index is -3.82. The zero-order valence-corrected chi connectivity index (χ0v) is 15.1. The van der Waals surface area contributed by atoms with Crippen LogP contribution in [0.4, 0.5) is 0 Å². The van der Waals surface area contributed by atoms with Gasteiger partial charge in [0.15, 0.2) is 0 Å². The molecule has 0 aliphatic carbocycles. The molecule has 0 atom stereocenters. The maximum atomic E-state index is 12.1. The van der Waals surface area contributed by atoms with Crippen molar-refractivity contribution in [2.45, 2.75) is 11.4 Å². The molecule has 10 nitrogen and oxygen atoms in total. The van der Waals surface area contributed by atoms with Crippen molar-refractivity contribution in [1.29, 1.82) is 0 Å². The van der Waals surface area contributed by atoms with Crippen LogP contribution >= 0.6 is 0 Å². The van der Waals surface area contributed by atoms with Gasteiger partial charge in [-0.15, -0.1) is 10.2 Å². The van der Waals surface area contributed by atoms with E-state index in [9.17, 15) is 13.2 Å². The highest BCUT2D eigenvalue weighted by atomic mass is 32.2. The molecule has 0 fully saturated rings. The first-order chi connectivity index (χ1) is 13.0. The molecule has 0 bridgehead atoms. The fourth-order valence-electron chi connectivity index (χ4n) is 2.17. The van der Waals surface area contributed by atoms with E-state index < -0.39 is 22.5 Å². The molecule has 3 aromatic rings. The minimum absolute atomic E-state index is 0.0133. The van der Waals surface area contributed by atoms with Gasteiger partial charge in [0.1, 0.15) is 6.54 Å². The molecule has 1 N–H and O–H groups in total. The van der Waals surface area contributed by atoms with Crippen molar-refractivity contribution in [3.63, 3.8) is 0 Å². The van der Waals surface area contributed by atoms with Crippen molar-refractivity contribution in [3.05, 3.63) is 54.4 Å². The van der Waals surface area contributed by atoms with Crippen LogP contribution in [0.2, 0.25) is 0 Å². The summed E-state index contributed by atoms with van der Waals surface area (Å²) in [4.78, 5) is 16.5. The molecule has 0 saturated heterocycles. The number of hydrogen-bond acceptors (Lipinski definition) is 8. The van der Waals surface area contributed by atoms with Gasteiger partial charge in [-0.2, -0.15) is 9.52 Å². The summed E-state index contributed by atoms with van der Waals surface area (Å²) in [5, 5.41) is 12.3. The first-order valence-corrected chi connectivity index (χ1v) is 9.30. The number of carbonyl (C=O) groups is 1. The van der Waals surface area contributed by atoms with Crippen molar-refractivity contribution >= 4 is 16.0 Å². The quantitative estimate of drug-likeness (QED) is 0.570. The number of benzene rings is 1. The molecule has 2 aromatic heterocycles. The second kappa shape index (κ2) is 8.01.